The number of unbranched alkanes of at least 4 members (excludes halogenated alkanes) is 1. The van der Waals surface area contributed by atoms with Crippen molar-refractivity contribution in [2.75, 3.05) is 44.6 Å². The molecule has 0 radical (unpaired) electrons. The number of nitrogens with one attached hydrogen (secondary N) is 1. The lowest BCUT2D eigenvalue weighted by Gasteiger charge is -2.37. The molecule has 1 aliphatic rings. The molecule has 2 aromatic carbocycles. The average molecular weight is 510 g/mol. The van der Waals surface area contributed by atoms with Gasteiger partial charge in [0.05, 0.1) is 10.2 Å². The van der Waals surface area contributed by atoms with Crippen LogP contribution in [0.4, 0.5) is 9.93 Å². The van der Waals surface area contributed by atoms with Crippen molar-refractivity contribution in [2.24, 2.45) is 0 Å². The van der Waals surface area contributed by atoms with Crippen LogP contribution in [0.2, 0.25) is 0 Å². The van der Waals surface area contributed by atoms with Gasteiger partial charge in [0.1, 0.15) is 6.54 Å². The summed E-state index contributed by atoms with van der Waals surface area (Å²) < 4.78 is 1.03. The first kappa shape index (κ1) is 25.6. The Kier molecular flexibility index (Phi) is 8.50. The molecule has 0 saturated carbocycles. The van der Waals surface area contributed by atoms with Crippen LogP contribution < -0.4 is 5.32 Å². The van der Waals surface area contributed by atoms with Crippen molar-refractivity contribution in [1.82, 2.24) is 19.7 Å². The Bertz CT molecular complexity index is 1170. The zero-order valence-corrected chi connectivity index (χ0v) is 21.2. The Labute approximate surface area is 214 Å². The molecule has 1 aromatic heterocycles. The van der Waals surface area contributed by atoms with Crippen LogP contribution in [0.1, 0.15) is 35.7 Å². The van der Waals surface area contributed by atoms with Gasteiger partial charge in [0, 0.05) is 44.8 Å². The molecule has 1 fully saturated rings. The van der Waals surface area contributed by atoms with Crippen molar-refractivity contribution in [2.45, 2.75) is 26.3 Å². The summed E-state index contributed by atoms with van der Waals surface area (Å²) in [6.07, 6.45) is 1.69. The van der Waals surface area contributed by atoms with Gasteiger partial charge in [0.2, 0.25) is 0 Å². The largest absolute Gasteiger partial charge is 0.480 e. The number of urea groups is 1. The third-order valence-electron chi connectivity index (χ3n) is 6.16. The molecule has 2 heterocycles. The molecule has 36 heavy (non-hydrogen) atoms. The number of carbonyl (C=O) groups is 3. The van der Waals surface area contributed by atoms with Crippen LogP contribution in [0.3, 0.4) is 0 Å². The Balaban J connectivity index is 1.27. The predicted molar refractivity (Wildman–Crippen MR) is 140 cm³/mol. The van der Waals surface area contributed by atoms with E-state index in [1.807, 2.05) is 55.5 Å². The number of carbonyl (C=O) groups excluding carboxylic acids is 2. The van der Waals surface area contributed by atoms with Crippen LogP contribution in [0.5, 0.6) is 0 Å². The molecule has 1 aliphatic heterocycles. The minimum absolute atomic E-state index is 0.193. The number of benzene rings is 2. The van der Waals surface area contributed by atoms with E-state index in [1.54, 1.807) is 4.90 Å². The molecule has 1 saturated heterocycles. The molecule has 190 valence electrons. The van der Waals surface area contributed by atoms with Gasteiger partial charge in [-0.1, -0.05) is 48.9 Å². The summed E-state index contributed by atoms with van der Waals surface area (Å²) in [5.41, 5.74) is 2.52. The van der Waals surface area contributed by atoms with E-state index in [4.69, 9.17) is 5.11 Å². The summed E-state index contributed by atoms with van der Waals surface area (Å²) in [6.45, 7) is 5.47. The lowest BCUT2D eigenvalue weighted by atomic mass is 10.1. The number of aromatic nitrogens is 1. The summed E-state index contributed by atoms with van der Waals surface area (Å²) in [5.74, 6) is -1.18. The highest BCUT2D eigenvalue weighted by Gasteiger charge is 2.26. The zero-order chi connectivity index (χ0) is 25.5. The van der Waals surface area contributed by atoms with Crippen LogP contribution in [0.15, 0.2) is 48.5 Å². The summed E-state index contributed by atoms with van der Waals surface area (Å²) >= 11 is 1.45. The van der Waals surface area contributed by atoms with Crippen LogP contribution in [0.25, 0.3) is 10.2 Å². The first-order chi connectivity index (χ1) is 17.4. The minimum atomic E-state index is -0.990. The fraction of sp³-hybridized carbons (Fsp3) is 0.385. The number of carboxylic acid groups (broad SMARTS) is 1. The van der Waals surface area contributed by atoms with Crippen LogP contribution in [-0.2, 0) is 11.3 Å². The van der Waals surface area contributed by atoms with Gasteiger partial charge in [-0.2, -0.15) is 0 Å². The van der Waals surface area contributed by atoms with Crippen molar-refractivity contribution in [3.8, 4) is 0 Å². The van der Waals surface area contributed by atoms with Crippen molar-refractivity contribution in [1.29, 1.82) is 0 Å². The molecule has 4 rings (SSSR count). The van der Waals surface area contributed by atoms with E-state index in [1.165, 1.54) is 16.2 Å². The number of thiazole rings is 1. The van der Waals surface area contributed by atoms with Gasteiger partial charge in [0.25, 0.3) is 5.91 Å². The Morgan fingerprint density at radius 3 is 2.44 bits per heavy atom. The van der Waals surface area contributed by atoms with Crippen molar-refractivity contribution in [3.05, 3.63) is 59.7 Å². The second-order valence-corrected chi connectivity index (χ2v) is 9.88. The number of fused-ring (bicyclic) bond motifs is 1. The smallest absolute Gasteiger partial charge is 0.323 e. The number of carboxylic acids is 1. The number of anilines is 1. The van der Waals surface area contributed by atoms with Gasteiger partial charge in [0.15, 0.2) is 5.13 Å². The fourth-order valence-corrected chi connectivity index (χ4v) is 5.03. The standard InChI is InChI=1S/C26H31N5O4S/c1-2-3-12-31(18-23(32)33)26(35)30-15-13-29(14-16-30)17-19-8-10-20(11-9-19)24(34)28-25-27-21-6-4-5-7-22(21)36-25/h4-11H,2-3,12-18H2,1H3,(H,32,33)(H,27,28,34). The van der Waals surface area contributed by atoms with Crippen LogP contribution in [-0.4, -0.2) is 82.0 Å². The van der Waals surface area contributed by atoms with E-state index in [2.05, 4.69) is 15.2 Å². The molecule has 3 amide bonds. The van der Waals surface area contributed by atoms with Crippen LogP contribution >= 0.6 is 11.3 Å². The Morgan fingerprint density at radius 1 is 1.06 bits per heavy atom. The number of hydrogen-bond donors (Lipinski definition) is 2. The molecular weight excluding hydrogens is 478 g/mol. The number of hydrogen-bond acceptors (Lipinski definition) is 6. The first-order valence-corrected chi connectivity index (χ1v) is 13.0. The maximum atomic E-state index is 12.8. The molecular formula is C26H31N5O4S. The number of amides is 3. The van der Waals surface area contributed by atoms with Gasteiger partial charge < -0.3 is 14.9 Å². The molecule has 0 spiro atoms. The molecule has 0 atom stereocenters. The SMILES string of the molecule is CCCCN(CC(=O)O)C(=O)N1CCN(Cc2ccc(C(=O)Nc3nc4ccccc4s3)cc2)CC1. The highest BCUT2D eigenvalue weighted by molar-refractivity contribution is 7.22. The van der Waals surface area contributed by atoms with Crippen molar-refractivity contribution < 1.29 is 19.5 Å². The minimum Gasteiger partial charge on any atom is -0.480 e. The second kappa shape index (κ2) is 12.0. The molecule has 0 unspecified atom stereocenters. The molecule has 9 nitrogen and oxygen atoms in total. The summed E-state index contributed by atoms with van der Waals surface area (Å²) in [5, 5.41) is 12.6. The van der Waals surface area contributed by atoms with E-state index in [0.29, 0.717) is 43.4 Å². The number of piperazine rings is 1. The van der Waals surface area contributed by atoms with Gasteiger partial charge in [-0.05, 0) is 36.2 Å². The lowest BCUT2D eigenvalue weighted by molar-refractivity contribution is -0.137. The highest BCUT2D eigenvalue weighted by Crippen LogP contribution is 2.25. The maximum absolute atomic E-state index is 12.8. The monoisotopic (exact) mass is 509 g/mol. The molecule has 10 heteroatoms. The number of para-hydroxylation sites is 1. The number of rotatable bonds is 9. The van der Waals surface area contributed by atoms with Gasteiger partial charge in [-0.15, -0.1) is 0 Å². The van der Waals surface area contributed by atoms with Crippen molar-refractivity contribution >= 4 is 44.6 Å². The van der Waals surface area contributed by atoms with Gasteiger partial charge in [-0.3, -0.25) is 19.8 Å². The number of nitrogens with zero attached hydrogens (tertiary/aromatic N) is 4. The molecule has 3 aromatic rings. The lowest BCUT2D eigenvalue weighted by Crippen LogP contribution is -2.53. The van der Waals surface area contributed by atoms with E-state index < -0.39 is 5.97 Å². The Morgan fingerprint density at radius 2 is 1.78 bits per heavy atom. The van der Waals surface area contributed by atoms with E-state index in [0.717, 1.165) is 35.2 Å². The van der Waals surface area contributed by atoms with Crippen LogP contribution in [0, 0.1) is 0 Å². The van der Waals surface area contributed by atoms with E-state index >= 15 is 0 Å². The maximum Gasteiger partial charge on any atom is 0.323 e. The topological polar surface area (TPSA) is 106 Å². The predicted octanol–water partition coefficient (Wildman–Crippen LogP) is 3.97. The molecule has 0 bridgehead atoms. The van der Waals surface area contributed by atoms with Gasteiger partial charge >= 0.3 is 12.0 Å². The first-order valence-electron chi connectivity index (χ1n) is 12.2. The van der Waals surface area contributed by atoms with E-state index in [-0.39, 0.29) is 18.5 Å². The quantitative estimate of drug-likeness (QED) is 0.452. The summed E-state index contributed by atoms with van der Waals surface area (Å²) in [6, 6.07) is 15.1. The second-order valence-electron chi connectivity index (χ2n) is 8.85. The average Bonchev–Trinajstić information content (AvgIpc) is 3.29. The normalized spacial score (nSPS) is 14.1. The van der Waals surface area contributed by atoms with Gasteiger partial charge in [-0.25, -0.2) is 9.78 Å². The zero-order valence-electron chi connectivity index (χ0n) is 20.4. The third kappa shape index (κ3) is 6.58. The molecule has 0 aliphatic carbocycles. The fourth-order valence-electron chi connectivity index (χ4n) is 4.17. The third-order valence-corrected chi connectivity index (χ3v) is 7.11. The summed E-state index contributed by atoms with van der Waals surface area (Å²) in [7, 11) is 0. The molecule has 2 N–H and O–H groups in total. The van der Waals surface area contributed by atoms with E-state index in [9.17, 15) is 14.4 Å². The Hall–Kier alpha value is -3.50. The number of aliphatic carboxylic acids is 1. The summed E-state index contributed by atoms with van der Waals surface area (Å²) in [4.78, 5) is 46.5. The van der Waals surface area contributed by atoms with Crippen molar-refractivity contribution in [3.63, 3.8) is 0 Å². The highest BCUT2D eigenvalue weighted by atomic mass is 32.1.